The Bertz CT molecular complexity index is 702. The summed E-state index contributed by atoms with van der Waals surface area (Å²) in [4.78, 5) is 15.4. The number of rotatable bonds is 12. The second kappa shape index (κ2) is 14.7. The minimum atomic E-state index is -0.493. The van der Waals surface area contributed by atoms with Gasteiger partial charge in [-0.15, -0.1) is 0 Å². The number of nitrogens with zero attached hydrogens (tertiary/aromatic N) is 1. The van der Waals surface area contributed by atoms with E-state index in [1.165, 1.54) is 24.8 Å². The Morgan fingerprint density at radius 1 is 1.12 bits per heavy atom. The van der Waals surface area contributed by atoms with Crippen LogP contribution in [0.3, 0.4) is 0 Å². The molecule has 0 spiro atoms. The van der Waals surface area contributed by atoms with Crippen LogP contribution < -0.4 is 0 Å². The highest BCUT2D eigenvalue weighted by molar-refractivity contribution is 7.08. The third-order valence-corrected chi connectivity index (χ3v) is 6.90. The molecule has 7 nitrogen and oxygen atoms in total. The number of amides is 1. The van der Waals surface area contributed by atoms with Gasteiger partial charge in [0.25, 0.3) is 5.91 Å². The fourth-order valence-electron chi connectivity index (χ4n) is 4.49. The van der Waals surface area contributed by atoms with Crippen molar-refractivity contribution in [3.8, 4) is 0 Å². The smallest absolute Gasteiger partial charge is 0.288 e. The molecule has 1 aromatic heterocycles. The van der Waals surface area contributed by atoms with Crippen LogP contribution in [-0.2, 0) is 23.7 Å². The first-order valence-corrected chi connectivity index (χ1v) is 13.3. The Balaban J connectivity index is 1.70. The molecule has 8 heteroatoms. The zero-order chi connectivity index (χ0) is 23.3. The summed E-state index contributed by atoms with van der Waals surface area (Å²) in [5, 5.41) is 13.0. The van der Waals surface area contributed by atoms with Gasteiger partial charge in [-0.05, 0) is 54.7 Å². The number of aliphatic hydroxyl groups is 1. The topological polar surface area (TPSA) is 77.5 Å². The van der Waals surface area contributed by atoms with Crippen LogP contribution in [0.2, 0.25) is 0 Å². The lowest BCUT2D eigenvalue weighted by molar-refractivity contribution is -0.172. The van der Waals surface area contributed by atoms with E-state index < -0.39 is 6.29 Å². The Morgan fingerprint density at radius 2 is 1.85 bits per heavy atom. The maximum Gasteiger partial charge on any atom is 0.288 e. The number of hydrogen-bond donors (Lipinski definition) is 1. The third kappa shape index (κ3) is 8.07. The van der Waals surface area contributed by atoms with E-state index in [0.29, 0.717) is 38.8 Å². The molecule has 2 aliphatic heterocycles. The summed E-state index contributed by atoms with van der Waals surface area (Å²) in [5.74, 6) is 0.476. The minimum Gasteiger partial charge on any atom is -0.459 e. The first kappa shape index (κ1) is 26.2. The molecular weight excluding hydrogens is 442 g/mol. The van der Waals surface area contributed by atoms with Gasteiger partial charge in [-0.1, -0.05) is 19.3 Å². The molecule has 3 rings (SSSR count). The average molecular weight is 482 g/mol. The van der Waals surface area contributed by atoms with Gasteiger partial charge < -0.3 is 29.0 Å². The molecule has 1 N–H and O–H groups in total. The van der Waals surface area contributed by atoms with E-state index in [1.54, 1.807) is 11.3 Å². The molecule has 1 amide bonds. The van der Waals surface area contributed by atoms with Crippen LogP contribution in [0.25, 0.3) is 0 Å². The van der Waals surface area contributed by atoms with Crippen molar-refractivity contribution < 1.29 is 28.8 Å². The maximum atomic E-state index is 13.4. The highest BCUT2D eigenvalue weighted by atomic mass is 32.1. The molecule has 3 heterocycles. The molecule has 0 bridgehead atoms. The normalized spacial score (nSPS) is 24.0. The first-order valence-electron chi connectivity index (χ1n) is 12.3. The standard InChI is InChI=1S/C25H39NO6S/c1-2-31-25-21(8-13-29-15-16-30-14-12-27)22(20-9-17-33-19-20)18-23(32-25)24(28)26-10-6-4-3-5-7-11-26/h9,17-19,21-22,25,27H,2-8,10-16H2,1H3/t21-,22+,25+/m0/s1. The van der Waals surface area contributed by atoms with Crippen molar-refractivity contribution in [2.45, 2.75) is 57.7 Å². The second-order valence-corrected chi connectivity index (χ2v) is 9.30. The van der Waals surface area contributed by atoms with Crippen LogP contribution in [0.1, 0.15) is 56.9 Å². The molecule has 1 aromatic rings. The average Bonchev–Trinajstić information content (AvgIpc) is 3.33. The van der Waals surface area contributed by atoms with E-state index in [2.05, 4.69) is 16.8 Å². The number of thiophene rings is 1. The Labute approximate surface area is 201 Å². The molecule has 0 aliphatic carbocycles. The number of carbonyl (C=O) groups is 1. The second-order valence-electron chi connectivity index (χ2n) is 8.52. The van der Waals surface area contributed by atoms with Crippen molar-refractivity contribution in [1.82, 2.24) is 4.90 Å². The van der Waals surface area contributed by atoms with Crippen LogP contribution in [0.15, 0.2) is 28.7 Å². The van der Waals surface area contributed by atoms with Gasteiger partial charge in [0.15, 0.2) is 5.76 Å². The zero-order valence-electron chi connectivity index (χ0n) is 19.8. The molecule has 0 radical (unpaired) electrons. The zero-order valence-corrected chi connectivity index (χ0v) is 20.6. The van der Waals surface area contributed by atoms with Gasteiger partial charge in [-0.25, -0.2) is 0 Å². The number of likely N-dealkylation sites (tertiary alicyclic amines) is 1. The largest absolute Gasteiger partial charge is 0.459 e. The van der Waals surface area contributed by atoms with Crippen LogP contribution in [0.5, 0.6) is 0 Å². The molecular formula is C25H39NO6S. The van der Waals surface area contributed by atoms with Gasteiger partial charge in [0.1, 0.15) is 0 Å². The predicted molar refractivity (Wildman–Crippen MR) is 128 cm³/mol. The Hall–Kier alpha value is -1.45. The van der Waals surface area contributed by atoms with Gasteiger partial charge >= 0.3 is 0 Å². The van der Waals surface area contributed by atoms with Gasteiger partial charge in [-0.3, -0.25) is 4.79 Å². The SMILES string of the molecule is CCO[C@@H]1OC(C(=O)N2CCCCCCC2)=C[C@H](c2ccsc2)[C@@H]1CCOCCOCCO. The fourth-order valence-corrected chi connectivity index (χ4v) is 5.19. The van der Waals surface area contributed by atoms with Crippen LogP contribution >= 0.6 is 11.3 Å². The fraction of sp³-hybridized carbons (Fsp3) is 0.720. The first-order chi connectivity index (χ1) is 16.2. The molecule has 186 valence electrons. The summed E-state index contributed by atoms with van der Waals surface area (Å²) in [6.07, 6.45) is 7.96. The van der Waals surface area contributed by atoms with E-state index in [0.717, 1.165) is 32.4 Å². The molecule has 3 atom stereocenters. The van der Waals surface area contributed by atoms with E-state index in [9.17, 15) is 4.79 Å². The predicted octanol–water partition coefficient (Wildman–Crippen LogP) is 3.93. The molecule has 33 heavy (non-hydrogen) atoms. The van der Waals surface area contributed by atoms with Gasteiger partial charge in [0.2, 0.25) is 6.29 Å². The van der Waals surface area contributed by atoms with Crippen molar-refractivity contribution >= 4 is 17.2 Å². The quantitative estimate of drug-likeness (QED) is 0.456. The summed E-state index contributed by atoms with van der Waals surface area (Å²) >= 11 is 1.66. The lowest BCUT2D eigenvalue weighted by Gasteiger charge is -2.38. The van der Waals surface area contributed by atoms with Gasteiger partial charge in [0.05, 0.1) is 26.4 Å². The molecule has 1 fully saturated rings. The summed E-state index contributed by atoms with van der Waals surface area (Å²) in [5.41, 5.74) is 1.18. The van der Waals surface area contributed by atoms with Crippen molar-refractivity contribution in [3.05, 3.63) is 34.2 Å². The number of aliphatic hydroxyl groups excluding tert-OH is 1. The number of allylic oxidation sites excluding steroid dienone is 1. The van der Waals surface area contributed by atoms with Crippen LogP contribution in [0.4, 0.5) is 0 Å². The lowest BCUT2D eigenvalue weighted by atomic mass is 9.82. The van der Waals surface area contributed by atoms with Crippen molar-refractivity contribution in [3.63, 3.8) is 0 Å². The van der Waals surface area contributed by atoms with Crippen LogP contribution in [0, 0.1) is 5.92 Å². The van der Waals surface area contributed by atoms with E-state index in [1.807, 2.05) is 17.9 Å². The summed E-state index contributed by atoms with van der Waals surface area (Å²) < 4.78 is 23.2. The molecule has 1 saturated heterocycles. The summed E-state index contributed by atoms with van der Waals surface area (Å²) in [6.45, 7) is 5.86. The highest BCUT2D eigenvalue weighted by Crippen LogP contribution is 2.40. The van der Waals surface area contributed by atoms with E-state index >= 15 is 0 Å². The van der Waals surface area contributed by atoms with Crippen molar-refractivity contribution in [1.29, 1.82) is 0 Å². The third-order valence-electron chi connectivity index (χ3n) is 6.20. The van der Waals surface area contributed by atoms with Crippen LogP contribution in [-0.4, -0.2) is 74.9 Å². The lowest BCUT2D eigenvalue weighted by Crippen LogP contribution is -2.41. The van der Waals surface area contributed by atoms with E-state index in [4.69, 9.17) is 24.1 Å². The van der Waals surface area contributed by atoms with E-state index in [-0.39, 0.29) is 24.3 Å². The summed E-state index contributed by atoms with van der Waals surface area (Å²) in [7, 11) is 0. The van der Waals surface area contributed by atoms with Gasteiger partial charge in [0, 0.05) is 38.1 Å². The van der Waals surface area contributed by atoms with Crippen molar-refractivity contribution in [2.75, 3.05) is 52.7 Å². The van der Waals surface area contributed by atoms with Crippen molar-refractivity contribution in [2.24, 2.45) is 5.92 Å². The number of ether oxygens (including phenoxy) is 4. The van der Waals surface area contributed by atoms with Gasteiger partial charge in [-0.2, -0.15) is 11.3 Å². The monoisotopic (exact) mass is 481 g/mol. The maximum absolute atomic E-state index is 13.4. The molecule has 0 unspecified atom stereocenters. The Morgan fingerprint density at radius 3 is 2.52 bits per heavy atom. The highest BCUT2D eigenvalue weighted by Gasteiger charge is 2.39. The molecule has 0 saturated carbocycles. The number of carbonyl (C=O) groups excluding carboxylic acids is 1. The number of hydrogen-bond acceptors (Lipinski definition) is 7. The molecule has 0 aromatic carbocycles. The minimum absolute atomic E-state index is 0.0161. The Kier molecular flexibility index (Phi) is 11.7. The summed E-state index contributed by atoms with van der Waals surface area (Å²) in [6, 6.07) is 2.12. The molecule has 2 aliphatic rings.